The molecule has 0 saturated carbocycles. The van der Waals surface area contributed by atoms with Crippen molar-refractivity contribution >= 4 is 12.0 Å². The lowest BCUT2D eigenvalue weighted by Crippen LogP contribution is -2.51. The van der Waals surface area contributed by atoms with E-state index in [2.05, 4.69) is 5.32 Å². The number of hydrogen-bond donors (Lipinski definition) is 2. The highest BCUT2D eigenvalue weighted by Gasteiger charge is 2.32. The molecule has 0 radical (unpaired) electrons. The predicted octanol–water partition coefficient (Wildman–Crippen LogP) is 2.90. The highest BCUT2D eigenvalue weighted by molar-refractivity contribution is 5.76. The van der Waals surface area contributed by atoms with Crippen LogP contribution in [0, 0.1) is 18.8 Å². The zero-order valence-electron chi connectivity index (χ0n) is 15.2. The van der Waals surface area contributed by atoms with E-state index >= 15 is 0 Å². The highest BCUT2D eigenvalue weighted by Crippen LogP contribution is 2.22. The van der Waals surface area contributed by atoms with Crippen LogP contribution in [0.2, 0.25) is 0 Å². The number of benzene rings is 1. The van der Waals surface area contributed by atoms with E-state index in [4.69, 9.17) is 4.74 Å². The second-order valence-electron chi connectivity index (χ2n) is 6.88. The smallest absolute Gasteiger partial charge is 0.317 e. The van der Waals surface area contributed by atoms with E-state index in [0.29, 0.717) is 19.5 Å². The number of nitrogens with zero attached hydrogens (tertiary/aromatic N) is 1. The van der Waals surface area contributed by atoms with Crippen LogP contribution in [0.4, 0.5) is 4.79 Å². The van der Waals surface area contributed by atoms with Crippen LogP contribution in [0.15, 0.2) is 24.3 Å². The van der Waals surface area contributed by atoms with Crippen LogP contribution in [0.1, 0.15) is 32.3 Å². The Labute approximate surface area is 149 Å². The van der Waals surface area contributed by atoms with Gasteiger partial charge in [-0.3, -0.25) is 4.79 Å². The maximum absolute atomic E-state index is 12.4. The molecule has 0 bridgehead atoms. The van der Waals surface area contributed by atoms with Gasteiger partial charge in [-0.15, -0.1) is 0 Å². The first-order valence-corrected chi connectivity index (χ1v) is 8.88. The summed E-state index contributed by atoms with van der Waals surface area (Å²) in [5.74, 6) is -0.315. The van der Waals surface area contributed by atoms with E-state index in [1.807, 2.05) is 45.0 Å². The molecule has 3 atom stereocenters. The minimum Gasteiger partial charge on any atom is -0.488 e. The zero-order valence-corrected chi connectivity index (χ0v) is 15.2. The molecular formula is C19H28N2O4. The Balaban J connectivity index is 1.89. The molecular weight excluding hydrogens is 320 g/mol. The third kappa shape index (κ3) is 5.37. The lowest BCUT2D eigenvalue weighted by molar-refractivity contribution is -0.143. The second-order valence-corrected chi connectivity index (χ2v) is 6.88. The zero-order chi connectivity index (χ0) is 18.4. The van der Waals surface area contributed by atoms with E-state index in [1.54, 1.807) is 4.90 Å². The summed E-state index contributed by atoms with van der Waals surface area (Å²) in [6, 6.07) is 7.58. The Morgan fingerprint density at radius 3 is 2.72 bits per heavy atom. The molecule has 1 aliphatic heterocycles. The van der Waals surface area contributed by atoms with Gasteiger partial charge in [-0.1, -0.05) is 32.0 Å². The van der Waals surface area contributed by atoms with Gasteiger partial charge >= 0.3 is 12.0 Å². The van der Waals surface area contributed by atoms with Gasteiger partial charge in [0.1, 0.15) is 11.9 Å². The fourth-order valence-corrected chi connectivity index (χ4v) is 3.15. The summed E-state index contributed by atoms with van der Waals surface area (Å²) in [6.45, 7) is 7.23. The number of carboxylic acid groups (broad SMARTS) is 1. The summed E-state index contributed by atoms with van der Waals surface area (Å²) >= 11 is 0. The molecule has 6 nitrogen and oxygen atoms in total. The van der Waals surface area contributed by atoms with Crippen molar-refractivity contribution in [3.05, 3.63) is 29.8 Å². The number of ether oxygens (including phenoxy) is 1. The van der Waals surface area contributed by atoms with Gasteiger partial charge in [-0.2, -0.15) is 0 Å². The quantitative estimate of drug-likeness (QED) is 0.828. The van der Waals surface area contributed by atoms with E-state index < -0.39 is 11.9 Å². The maximum atomic E-state index is 12.4. The standard InChI is InChI=1S/C19H28N2O4/c1-4-16(25-17-8-6-5-7-14(17)3)10-20-19(24)21-11-13(2)9-15(12-21)18(22)23/h5-8,13,15-16H,4,9-12H2,1-3H3,(H,20,24)(H,22,23). The van der Waals surface area contributed by atoms with Crippen LogP contribution in [0.25, 0.3) is 0 Å². The fraction of sp³-hybridized carbons (Fsp3) is 0.579. The fourth-order valence-electron chi connectivity index (χ4n) is 3.15. The van der Waals surface area contributed by atoms with Gasteiger partial charge in [0.25, 0.3) is 0 Å². The molecule has 1 aromatic carbocycles. The number of carboxylic acids is 1. The number of para-hydroxylation sites is 1. The van der Waals surface area contributed by atoms with Crippen LogP contribution in [0.3, 0.4) is 0 Å². The van der Waals surface area contributed by atoms with Gasteiger partial charge in [0.15, 0.2) is 0 Å². The van der Waals surface area contributed by atoms with Gasteiger partial charge in [0.2, 0.25) is 0 Å². The number of aliphatic carboxylic acids is 1. The van der Waals surface area contributed by atoms with Crippen LogP contribution in [-0.2, 0) is 4.79 Å². The summed E-state index contributed by atoms with van der Waals surface area (Å²) in [4.78, 5) is 25.3. The third-order valence-electron chi connectivity index (χ3n) is 4.62. The Bertz CT molecular complexity index is 605. The monoisotopic (exact) mass is 348 g/mol. The van der Waals surface area contributed by atoms with Gasteiger partial charge in [0, 0.05) is 13.1 Å². The van der Waals surface area contributed by atoms with Crippen LogP contribution in [0.5, 0.6) is 5.75 Å². The summed E-state index contributed by atoms with van der Waals surface area (Å²) in [5, 5.41) is 12.1. The summed E-state index contributed by atoms with van der Waals surface area (Å²) < 4.78 is 5.99. The molecule has 1 saturated heterocycles. The van der Waals surface area contributed by atoms with Crippen molar-refractivity contribution in [2.24, 2.45) is 11.8 Å². The Kier molecular flexibility index (Phi) is 6.67. The predicted molar refractivity (Wildman–Crippen MR) is 95.8 cm³/mol. The molecule has 25 heavy (non-hydrogen) atoms. The third-order valence-corrected chi connectivity index (χ3v) is 4.62. The highest BCUT2D eigenvalue weighted by atomic mass is 16.5. The molecule has 1 fully saturated rings. The number of carbonyl (C=O) groups excluding carboxylic acids is 1. The van der Waals surface area contributed by atoms with E-state index in [1.165, 1.54) is 0 Å². The summed E-state index contributed by atoms with van der Waals surface area (Å²) in [6.07, 6.45) is 1.26. The van der Waals surface area contributed by atoms with E-state index in [0.717, 1.165) is 17.7 Å². The number of likely N-dealkylation sites (tertiary alicyclic amines) is 1. The summed E-state index contributed by atoms with van der Waals surface area (Å²) in [7, 11) is 0. The minimum absolute atomic E-state index is 0.123. The average Bonchev–Trinajstić information content (AvgIpc) is 2.59. The number of hydrogen-bond acceptors (Lipinski definition) is 3. The topological polar surface area (TPSA) is 78.9 Å². The van der Waals surface area contributed by atoms with Gasteiger partial charge in [0.05, 0.1) is 12.5 Å². The van der Waals surface area contributed by atoms with Crippen molar-refractivity contribution < 1.29 is 19.4 Å². The SMILES string of the molecule is CCC(CNC(=O)N1CC(C)CC(C(=O)O)C1)Oc1ccccc1C. The van der Waals surface area contributed by atoms with Crippen molar-refractivity contribution in [2.45, 2.75) is 39.7 Å². The Morgan fingerprint density at radius 2 is 2.08 bits per heavy atom. The number of carbonyl (C=O) groups is 2. The van der Waals surface area contributed by atoms with Gasteiger partial charge in [-0.05, 0) is 37.3 Å². The first-order chi connectivity index (χ1) is 11.9. The van der Waals surface area contributed by atoms with Crippen molar-refractivity contribution in [3.63, 3.8) is 0 Å². The van der Waals surface area contributed by atoms with Crippen LogP contribution < -0.4 is 10.1 Å². The first kappa shape index (κ1) is 19.1. The number of nitrogens with one attached hydrogen (secondary N) is 1. The Hall–Kier alpha value is -2.24. The van der Waals surface area contributed by atoms with Crippen LogP contribution >= 0.6 is 0 Å². The van der Waals surface area contributed by atoms with E-state index in [9.17, 15) is 14.7 Å². The van der Waals surface area contributed by atoms with Crippen molar-refractivity contribution in [1.82, 2.24) is 10.2 Å². The number of rotatable bonds is 6. The van der Waals surface area contributed by atoms with Crippen LogP contribution in [-0.4, -0.2) is 47.7 Å². The number of aryl methyl sites for hydroxylation is 1. The number of urea groups is 1. The molecule has 2 N–H and O–H groups in total. The van der Waals surface area contributed by atoms with E-state index in [-0.39, 0.29) is 24.6 Å². The van der Waals surface area contributed by atoms with Crippen molar-refractivity contribution in [3.8, 4) is 5.75 Å². The summed E-state index contributed by atoms with van der Waals surface area (Å²) in [5.41, 5.74) is 1.06. The average molecular weight is 348 g/mol. The maximum Gasteiger partial charge on any atom is 0.317 e. The molecule has 2 amide bonds. The molecule has 2 rings (SSSR count). The molecule has 0 aromatic heterocycles. The second kappa shape index (κ2) is 8.74. The first-order valence-electron chi connectivity index (χ1n) is 8.88. The Morgan fingerprint density at radius 1 is 1.36 bits per heavy atom. The van der Waals surface area contributed by atoms with Crippen molar-refractivity contribution in [1.29, 1.82) is 0 Å². The molecule has 1 aromatic rings. The lowest BCUT2D eigenvalue weighted by Gasteiger charge is -2.35. The minimum atomic E-state index is -0.835. The normalized spacial score (nSPS) is 21.5. The molecule has 6 heteroatoms. The van der Waals surface area contributed by atoms with Gasteiger partial charge < -0.3 is 20.1 Å². The molecule has 1 heterocycles. The van der Waals surface area contributed by atoms with Gasteiger partial charge in [-0.25, -0.2) is 4.79 Å². The molecule has 0 spiro atoms. The molecule has 3 unspecified atom stereocenters. The van der Waals surface area contributed by atoms with Crippen molar-refractivity contribution in [2.75, 3.05) is 19.6 Å². The number of amides is 2. The molecule has 1 aliphatic rings. The largest absolute Gasteiger partial charge is 0.488 e. The molecule has 0 aliphatic carbocycles. The molecule has 138 valence electrons. The number of piperidine rings is 1. The lowest BCUT2D eigenvalue weighted by atomic mass is 9.91.